The molecule has 1 N–H and O–H groups in total. The third-order valence-electron chi connectivity index (χ3n) is 2.41. The summed E-state index contributed by atoms with van der Waals surface area (Å²) in [7, 11) is 0. The van der Waals surface area contributed by atoms with Crippen LogP contribution in [-0.2, 0) is 19.1 Å². The molecule has 0 saturated heterocycles. The topological polar surface area (TPSA) is 77.0 Å². The van der Waals surface area contributed by atoms with E-state index >= 15 is 0 Å². The van der Waals surface area contributed by atoms with Gasteiger partial charge in [-0.1, -0.05) is 0 Å². The van der Waals surface area contributed by atoms with Gasteiger partial charge in [-0.15, -0.1) is 0 Å². The average Bonchev–Trinajstić information content (AvgIpc) is 2.32. The predicted octanol–water partition coefficient (Wildman–Crippen LogP) is 0.777. The quantitative estimate of drug-likeness (QED) is 0.750. The van der Waals surface area contributed by atoms with Crippen molar-refractivity contribution in [3.8, 4) is 0 Å². The Labute approximate surface area is 106 Å². The van der Waals surface area contributed by atoms with Crippen molar-refractivity contribution in [3.63, 3.8) is 0 Å². The molecular weight excluding hydrogens is 236 g/mol. The first-order valence-corrected chi connectivity index (χ1v) is 5.87. The number of hydrogen-bond donors (Lipinski definition) is 1. The number of allylic oxidation sites excluding steroid dienone is 1. The minimum Gasteiger partial charge on any atom is -0.464 e. The number of nitrogens with one attached hydrogen (secondary N) is 1. The normalized spacial score (nSPS) is 18.9. The number of rotatable bonds is 4. The summed E-state index contributed by atoms with van der Waals surface area (Å²) in [5.41, 5.74) is 1.20. The highest BCUT2D eigenvalue weighted by atomic mass is 16.5. The van der Waals surface area contributed by atoms with E-state index in [9.17, 15) is 9.59 Å². The first-order valence-electron chi connectivity index (χ1n) is 5.87. The Morgan fingerprint density at radius 2 is 1.83 bits per heavy atom. The lowest BCUT2D eigenvalue weighted by Gasteiger charge is -2.23. The lowest BCUT2D eigenvalue weighted by molar-refractivity contribution is -0.144. The van der Waals surface area contributed by atoms with Gasteiger partial charge in [0, 0.05) is 11.4 Å². The fraction of sp³-hybridized carbons (Fsp3) is 0.583. The van der Waals surface area contributed by atoms with Crippen molar-refractivity contribution in [2.45, 2.75) is 33.7 Å². The van der Waals surface area contributed by atoms with Gasteiger partial charge < -0.3 is 14.8 Å². The zero-order chi connectivity index (χ0) is 13.7. The molecule has 0 aromatic carbocycles. The Bertz CT molecular complexity index is 412. The maximum absolute atomic E-state index is 11.7. The summed E-state index contributed by atoms with van der Waals surface area (Å²) < 4.78 is 9.81. The van der Waals surface area contributed by atoms with Gasteiger partial charge >= 0.3 is 11.9 Å². The monoisotopic (exact) mass is 254 g/mol. The smallest absolute Gasteiger partial charge is 0.358 e. The Morgan fingerprint density at radius 3 is 2.39 bits per heavy atom. The van der Waals surface area contributed by atoms with Crippen molar-refractivity contribution in [1.82, 2.24) is 5.32 Å². The SMILES string of the molecule is CCOC(=O)C1=C(C)N[C@@H](C(=O)OCC)C(C)=N1. The van der Waals surface area contributed by atoms with E-state index in [-0.39, 0.29) is 12.3 Å². The molecular formula is C12H18N2O4. The van der Waals surface area contributed by atoms with Crippen LogP contribution in [0.25, 0.3) is 0 Å². The third-order valence-corrected chi connectivity index (χ3v) is 2.41. The zero-order valence-corrected chi connectivity index (χ0v) is 11.1. The maximum Gasteiger partial charge on any atom is 0.358 e. The van der Waals surface area contributed by atoms with Crippen LogP contribution in [0.1, 0.15) is 27.7 Å². The van der Waals surface area contributed by atoms with E-state index in [4.69, 9.17) is 9.47 Å². The number of carbonyl (C=O) groups excluding carboxylic acids is 2. The zero-order valence-electron chi connectivity index (χ0n) is 11.1. The van der Waals surface area contributed by atoms with E-state index in [1.807, 2.05) is 0 Å². The first kappa shape index (κ1) is 14.2. The van der Waals surface area contributed by atoms with Crippen molar-refractivity contribution in [2.75, 3.05) is 13.2 Å². The highest BCUT2D eigenvalue weighted by Gasteiger charge is 2.29. The van der Waals surface area contributed by atoms with Crippen molar-refractivity contribution < 1.29 is 19.1 Å². The molecule has 0 saturated carbocycles. The molecule has 0 aliphatic carbocycles. The second kappa shape index (κ2) is 6.18. The van der Waals surface area contributed by atoms with Crippen LogP contribution in [0.2, 0.25) is 0 Å². The standard InChI is InChI=1S/C12H18N2O4/c1-5-17-11(15)9-7(3)14-10(8(4)13-9)12(16)18-6-2/h9,13H,5-6H2,1-4H3/t9-/m1/s1. The van der Waals surface area contributed by atoms with E-state index in [0.29, 0.717) is 18.0 Å². The molecule has 0 radical (unpaired) electrons. The van der Waals surface area contributed by atoms with E-state index in [0.717, 1.165) is 0 Å². The van der Waals surface area contributed by atoms with Gasteiger partial charge in [0.05, 0.1) is 13.2 Å². The largest absolute Gasteiger partial charge is 0.464 e. The molecule has 0 aromatic heterocycles. The van der Waals surface area contributed by atoms with Gasteiger partial charge in [-0.2, -0.15) is 0 Å². The summed E-state index contributed by atoms with van der Waals surface area (Å²) in [5, 5.41) is 2.91. The highest BCUT2D eigenvalue weighted by Crippen LogP contribution is 2.14. The Hall–Kier alpha value is -1.85. The van der Waals surface area contributed by atoms with Gasteiger partial charge in [0.2, 0.25) is 0 Å². The van der Waals surface area contributed by atoms with Gasteiger partial charge in [0.15, 0.2) is 11.7 Å². The van der Waals surface area contributed by atoms with Crippen LogP contribution in [-0.4, -0.2) is 36.9 Å². The Kier molecular flexibility index (Phi) is 4.88. The van der Waals surface area contributed by atoms with Crippen LogP contribution in [0.5, 0.6) is 0 Å². The van der Waals surface area contributed by atoms with E-state index in [1.165, 1.54) is 0 Å². The second-order valence-corrected chi connectivity index (χ2v) is 3.78. The number of ether oxygens (including phenoxy) is 2. The third kappa shape index (κ3) is 3.09. The van der Waals surface area contributed by atoms with Crippen molar-refractivity contribution in [3.05, 3.63) is 11.4 Å². The van der Waals surface area contributed by atoms with E-state index in [2.05, 4.69) is 10.3 Å². The molecule has 0 bridgehead atoms. The van der Waals surface area contributed by atoms with Crippen LogP contribution in [0.4, 0.5) is 0 Å². The fourth-order valence-corrected chi connectivity index (χ4v) is 1.57. The summed E-state index contributed by atoms with van der Waals surface area (Å²) in [5.74, 6) is -0.898. The molecule has 0 aromatic rings. The summed E-state index contributed by atoms with van der Waals surface area (Å²) >= 11 is 0. The van der Waals surface area contributed by atoms with Gasteiger partial charge in [0.25, 0.3) is 0 Å². The van der Waals surface area contributed by atoms with Crippen LogP contribution in [0.15, 0.2) is 16.4 Å². The summed E-state index contributed by atoms with van der Waals surface area (Å²) in [4.78, 5) is 27.4. The minimum atomic E-state index is -0.636. The number of nitrogens with zero attached hydrogens (tertiary/aromatic N) is 1. The van der Waals surface area contributed by atoms with Gasteiger partial charge in [0.1, 0.15) is 0 Å². The van der Waals surface area contributed by atoms with Crippen LogP contribution in [0, 0.1) is 0 Å². The van der Waals surface area contributed by atoms with Crippen LogP contribution in [0.3, 0.4) is 0 Å². The van der Waals surface area contributed by atoms with E-state index in [1.54, 1.807) is 27.7 Å². The Balaban J connectivity index is 2.87. The summed E-state index contributed by atoms with van der Waals surface area (Å²) in [6.45, 7) is 7.39. The summed E-state index contributed by atoms with van der Waals surface area (Å²) in [6.07, 6.45) is 0. The maximum atomic E-state index is 11.7. The van der Waals surface area contributed by atoms with Crippen molar-refractivity contribution in [2.24, 2.45) is 4.99 Å². The fourth-order valence-electron chi connectivity index (χ4n) is 1.57. The molecule has 1 aliphatic heterocycles. The van der Waals surface area contributed by atoms with Gasteiger partial charge in [-0.3, -0.25) is 0 Å². The molecule has 100 valence electrons. The molecule has 1 aliphatic rings. The predicted molar refractivity (Wildman–Crippen MR) is 66.0 cm³/mol. The summed E-state index contributed by atoms with van der Waals surface area (Å²) in [6, 6.07) is -0.636. The van der Waals surface area contributed by atoms with Gasteiger partial charge in [-0.05, 0) is 27.7 Å². The number of carbonyl (C=O) groups is 2. The molecule has 1 heterocycles. The van der Waals surface area contributed by atoms with E-state index < -0.39 is 18.0 Å². The lowest BCUT2D eigenvalue weighted by Crippen LogP contribution is -2.45. The number of aliphatic imine (C=N–C) groups is 1. The Morgan fingerprint density at radius 1 is 1.22 bits per heavy atom. The minimum absolute atomic E-state index is 0.204. The average molecular weight is 254 g/mol. The highest BCUT2D eigenvalue weighted by molar-refractivity contribution is 6.08. The molecule has 18 heavy (non-hydrogen) atoms. The molecule has 6 heteroatoms. The number of hydrogen-bond acceptors (Lipinski definition) is 6. The van der Waals surface area contributed by atoms with Crippen molar-refractivity contribution in [1.29, 1.82) is 0 Å². The molecule has 6 nitrogen and oxygen atoms in total. The molecule has 0 spiro atoms. The molecule has 0 fully saturated rings. The first-order chi connectivity index (χ1) is 8.51. The molecule has 0 amide bonds. The van der Waals surface area contributed by atoms with Crippen molar-refractivity contribution >= 4 is 17.7 Å². The van der Waals surface area contributed by atoms with Gasteiger partial charge in [-0.25, -0.2) is 14.6 Å². The molecule has 0 unspecified atom stereocenters. The number of esters is 2. The van der Waals surface area contributed by atoms with Crippen LogP contribution >= 0.6 is 0 Å². The second-order valence-electron chi connectivity index (χ2n) is 3.78. The molecule has 1 rings (SSSR count). The lowest BCUT2D eigenvalue weighted by atomic mass is 10.1. The van der Waals surface area contributed by atoms with Crippen LogP contribution < -0.4 is 5.32 Å². The molecule has 1 atom stereocenters.